The molecule has 4 heterocycles. The van der Waals surface area contributed by atoms with Gasteiger partial charge in [-0.05, 0) is 139 Å². The van der Waals surface area contributed by atoms with Crippen molar-refractivity contribution >= 4 is 88.2 Å². The summed E-state index contributed by atoms with van der Waals surface area (Å²) in [6.45, 7) is 17.1. The molecule has 2 aliphatic rings. The summed E-state index contributed by atoms with van der Waals surface area (Å²) in [5, 5.41) is 16.2. The molecule has 2 aromatic heterocycles. The van der Waals surface area contributed by atoms with Crippen LogP contribution in [0.5, 0.6) is 0 Å². The van der Waals surface area contributed by atoms with E-state index < -0.39 is 0 Å². The first-order valence-corrected chi connectivity index (χ1v) is 27.9. The van der Waals surface area contributed by atoms with E-state index in [1.165, 1.54) is 24.0 Å². The van der Waals surface area contributed by atoms with Crippen molar-refractivity contribution in [2.24, 2.45) is 0 Å². The third-order valence-corrected chi connectivity index (χ3v) is 15.2. The van der Waals surface area contributed by atoms with Crippen molar-refractivity contribution in [1.82, 2.24) is 19.8 Å². The maximum absolute atomic E-state index is 13.0. The summed E-state index contributed by atoms with van der Waals surface area (Å²) < 4.78 is 12.6. The minimum Gasteiger partial charge on any atom is -0.379 e. The predicted octanol–water partition coefficient (Wildman–Crippen LogP) is 15.1. The van der Waals surface area contributed by atoms with Crippen molar-refractivity contribution in [3.05, 3.63) is 177 Å². The Kier molecular flexibility index (Phi) is 18.6. The number of aryl methyl sites for hydroxylation is 2. The Bertz CT molecular complexity index is 3260. The first-order chi connectivity index (χ1) is 37.0. The van der Waals surface area contributed by atoms with Crippen LogP contribution in [0.25, 0.3) is 43.8 Å². The van der Waals surface area contributed by atoms with E-state index in [0.29, 0.717) is 11.6 Å². The molecule has 0 spiro atoms. The molecule has 0 bridgehead atoms. The molecule has 6 aromatic carbocycles. The number of urea groups is 2. The van der Waals surface area contributed by atoms with E-state index in [-0.39, 0.29) is 12.1 Å². The fourth-order valence-corrected chi connectivity index (χ4v) is 11.1. The molecule has 2 saturated heterocycles. The van der Waals surface area contributed by atoms with E-state index in [9.17, 15) is 9.59 Å². The molecule has 14 heteroatoms. The smallest absolute Gasteiger partial charge is 0.323 e. The number of anilines is 4. The molecule has 76 heavy (non-hydrogen) atoms. The summed E-state index contributed by atoms with van der Waals surface area (Å²) in [5.41, 5.74) is 13.0. The number of hydrogen-bond acceptors (Lipinski definition) is 8. The van der Waals surface area contributed by atoms with Crippen molar-refractivity contribution in [2.75, 3.05) is 73.9 Å². The second-order valence-corrected chi connectivity index (χ2v) is 21.4. The molecule has 12 nitrogen and oxygen atoms in total. The maximum Gasteiger partial charge on any atom is 0.323 e. The fraction of sp³-hybridized carbons (Fsp3) is 0.290. The first kappa shape index (κ1) is 54.3. The number of fused-ring (bicyclic) bond motifs is 2. The normalized spacial score (nSPS) is 14.0. The summed E-state index contributed by atoms with van der Waals surface area (Å²) in [7, 11) is 0. The van der Waals surface area contributed by atoms with Crippen LogP contribution in [-0.2, 0) is 29.0 Å². The van der Waals surface area contributed by atoms with Crippen LogP contribution in [0, 0.1) is 6.92 Å². The zero-order valence-electron chi connectivity index (χ0n) is 43.7. The minimum absolute atomic E-state index is 0.249. The van der Waals surface area contributed by atoms with Gasteiger partial charge < -0.3 is 30.7 Å². The molecule has 10 rings (SSSR count). The minimum atomic E-state index is -0.310. The molecule has 2 fully saturated rings. The zero-order valence-corrected chi connectivity index (χ0v) is 46.9. The van der Waals surface area contributed by atoms with E-state index in [2.05, 4.69) is 138 Å². The van der Waals surface area contributed by atoms with E-state index >= 15 is 0 Å². The Labute approximate surface area is 463 Å². The predicted molar refractivity (Wildman–Crippen MR) is 318 cm³/mol. The molecule has 0 radical (unpaired) electrons. The number of halogens is 2. The van der Waals surface area contributed by atoms with Gasteiger partial charge in [0.25, 0.3) is 0 Å². The molecule has 0 atom stereocenters. The van der Waals surface area contributed by atoms with Crippen LogP contribution in [-0.4, -0.2) is 84.4 Å². The largest absolute Gasteiger partial charge is 0.379 e. The topological polar surface area (TPSA) is 133 Å². The Morgan fingerprint density at radius 2 is 1.04 bits per heavy atom. The highest BCUT2D eigenvalue weighted by Gasteiger charge is 2.18. The number of aromatic nitrogens is 2. The van der Waals surface area contributed by atoms with Crippen molar-refractivity contribution in [3.8, 4) is 22.3 Å². The SMILES string of the molecule is CC(C)c1cc(Br)c(NC(=O)Nc2ccc(-c3ccc(CN4CCOCC4)nc3)c3ccccc23)c(Br)c1.CCCCc1ccc(NC(=O)Nc2ccc(-c3ccc(CN4CCOCC4)nc3)c3ccccc23)c(C)c1. The van der Waals surface area contributed by atoms with Crippen LogP contribution in [0.2, 0.25) is 0 Å². The lowest BCUT2D eigenvalue weighted by Gasteiger charge is -2.26. The van der Waals surface area contributed by atoms with Gasteiger partial charge in [0, 0.05) is 88.2 Å². The van der Waals surface area contributed by atoms with Crippen LogP contribution in [0.3, 0.4) is 0 Å². The summed E-state index contributed by atoms with van der Waals surface area (Å²) in [4.78, 5) is 40.2. The van der Waals surface area contributed by atoms with Crippen LogP contribution in [0.1, 0.15) is 67.6 Å². The third-order valence-electron chi connectivity index (χ3n) is 13.9. The van der Waals surface area contributed by atoms with Crippen LogP contribution in [0.4, 0.5) is 32.3 Å². The molecule has 2 aliphatic heterocycles. The van der Waals surface area contributed by atoms with Crippen molar-refractivity contribution in [2.45, 2.75) is 66.0 Å². The van der Waals surface area contributed by atoms with Gasteiger partial charge in [-0.3, -0.25) is 19.8 Å². The van der Waals surface area contributed by atoms with Gasteiger partial charge in [0.05, 0.1) is 54.9 Å². The standard InChI is InChI=1S/C32H36N4O2.C30H30Br2N4O2/c1-3-4-7-24-10-14-30(23(2)20-24)34-32(37)35-31-15-13-27(28-8-5-6-9-29(28)31)25-11-12-26(33-21-25)22-36-16-18-38-19-17-36;1-19(2)21-15-26(31)29(27(32)16-21)35-30(37)34-28-10-9-23(24-5-3-4-6-25(24)28)20-7-8-22(33-17-20)18-36-11-13-38-14-12-36/h5-6,8-15,20-21H,3-4,7,16-19,22H2,1-2H3,(H2,34,35,37);3-10,15-17,19H,11-14,18H2,1-2H3,(H2,34,35,37). The highest BCUT2D eigenvalue weighted by atomic mass is 79.9. The maximum atomic E-state index is 13.0. The molecule has 4 amide bonds. The number of benzene rings is 6. The highest BCUT2D eigenvalue weighted by molar-refractivity contribution is 9.11. The first-order valence-electron chi connectivity index (χ1n) is 26.3. The number of unbranched alkanes of at least 4 members (excludes halogenated alkanes) is 1. The number of carbonyl (C=O) groups is 2. The molecule has 4 N–H and O–H groups in total. The highest BCUT2D eigenvalue weighted by Crippen LogP contribution is 2.37. The monoisotopic (exact) mass is 1140 g/mol. The molecule has 392 valence electrons. The van der Waals surface area contributed by atoms with Gasteiger partial charge in [-0.2, -0.15) is 0 Å². The van der Waals surface area contributed by atoms with Crippen molar-refractivity contribution < 1.29 is 19.1 Å². The van der Waals surface area contributed by atoms with Gasteiger partial charge >= 0.3 is 12.1 Å². The van der Waals surface area contributed by atoms with E-state index in [1.807, 2.05) is 92.1 Å². The number of rotatable bonds is 14. The molecule has 0 aliphatic carbocycles. The van der Waals surface area contributed by atoms with Crippen molar-refractivity contribution in [1.29, 1.82) is 0 Å². The van der Waals surface area contributed by atoms with Crippen molar-refractivity contribution in [3.63, 3.8) is 0 Å². The Balaban J connectivity index is 0.000000186. The lowest BCUT2D eigenvalue weighted by Crippen LogP contribution is -2.35. The molecule has 8 aromatic rings. The second kappa shape index (κ2) is 26.0. The number of pyridine rings is 2. The molecule has 0 saturated carbocycles. The van der Waals surface area contributed by atoms with Gasteiger partial charge in [-0.1, -0.05) is 112 Å². The van der Waals surface area contributed by atoms with Crippen LogP contribution < -0.4 is 21.3 Å². The third kappa shape index (κ3) is 13.9. The Morgan fingerprint density at radius 1 is 0.579 bits per heavy atom. The van der Waals surface area contributed by atoms with Gasteiger partial charge in [0.15, 0.2) is 0 Å². The number of ether oxygens (including phenoxy) is 2. The Hall–Kier alpha value is -6.52. The number of amides is 4. The summed E-state index contributed by atoms with van der Waals surface area (Å²) in [5.74, 6) is 0.381. The van der Waals surface area contributed by atoms with Gasteiger partial charge in [-0.15, -0.1) is 0 Å². The van der Waals surface area contributed by atoms with E-state index in [4.69, 9.17) is 19.4 Å². The molecular weight excluding hydrogens is 1080 g/mol. The lowest BCUT2D eigenvalue weighted by molar-refractivity contribution is 0.0336. The second-order valence-electron chi connectivity index (χ2n) is 19.7. The summed E-state index contributed by atoms with van der Waals surface area (Å²) in [6.07, 6.45) is 7.29. The van der Waals surface area contributed by atoms with Crippen LogP contribution in [0.15, 0.2) is 149 Å². The summed E-state index contributed by atoms with van der Waals surface area (Å²) in [6, 6.07) is 42.5. The van der Waals surface area contributed by atoms with E-state index in [0.717, 1.165) is 159 Å². The number of nitrogens with zero attached hydrogens (tertiary/aromatic N) is 4. The average Bonchev–Trinajstić information content (AvgIpc) is 3.44. The quantitative estimate of drug-likeness (QED) is 0.0846. The zero-order chi connectivity index (χ0) is 53.0. The molecular formula is C62H66Br2N8O4. The summed E-state index contributed by atoms with van der Waals surface area (Å²) >= 11 is 7.20. The number of morpholine rings is 2. The number of nitrogens with one attached hydrogen (secondary N) is 4. The average molecular weight is 1150 g/mol. The molecule has 0 unspecified atom stereocenters. The van der Waals surface area contributed by atoms with Gasteiger partial charge in [0.1, 0.15) is 0 Å². The lowest BCUT2D eigenvalue weighted by atomic mass is 9.98. The number of carbonyl (C=O) groups excluding carboxylic acids is 2. The van der Waals surface area contributed by atoms with Crippen LogP contribution >= 0.6 is 31.9 Å². The van der Waals surface area contributed by atoms with Gasteiger partial charge in [0.2, 0.25) is 0 Å². The number of hydrogen-bond donors (Lipinski definition) is 4. The Morgan fingerprint density at radius 3 is 1.49 bits per heavy atom. The van der Waals surface area contributed by atoms with Gasteiger partial charge in [-0.25, -0.2) is 9.59 Å². The fourth-order valence-electron chi connectivity index (χ4n) is 9.64. The van der Waals surface area contributed by atoms with E-state index in [1.54, 1.807) is 0 Å².